The van der Waals surface area contributed by atoms with Gasteiger partial charge in [-0.15, -0.1) is 13.2 Å². The summed E-state index contributed by atoms with van der Waals surface area (Å²) in [7, 11) is 0. The molecule has 1 aromatic heterocycles. The van der Waals surface area contributed by atoms with Crippen LogP contribution in [-0.2, 0) is 0 Å². The average Bonchev–Trinajstić information content (AvgIpc) is 2.58. The second-order valence-electron chi connectivity index (χ2n) is 3.55. The summed E-state index contributed by atoms with van der Waals surface area (Å²) in [6, 6.07) is 5.55. The number of alkyl halides is 3. The normalized spacial score (nSPS) is 11.6. The Kier molecular flexibility index (Phi) is 3.51. The standard InChI is InChI=1S/C11H8F3IN2O/c1-7-10(15)6-17(16-7)8-2-4-9(5-3-8)18-11(12,13)14/h2-6H,1H3. The Labute approximate surface area is 115 Å². The predicted octanol–water partition coefficient (Wildman–Crippen LogP) is 3.68. The van der Waals surface area contributed by atoms with E-state index < -0.39 is 6.36 Å². The van der Waals surface area contributed by atoms with Gasteiger partial charge in [0.2, 0.25) is 0 Å². The van der Waals surface area contributed by atoms with Gasteiger partial charge in [-0.05, 0) is 53.8 Å². The van der Waals surface area contributed by atoms with Crippen molar-refractivity contribution in [1.29, 1.82) is 0 Å². The summed E-state index contributed by atoms with van der Waals surface area (Å²) in [5, 5.41) is 4.23. The topological polar surface area (TPSA) is 27.1 Å². The molecule has 0 radical (unpaired) electrons. The molecule has 3 nitrogen and oxygen atoms in total. The molecule has 0 saturated carbocycles. The Hall–Kier alpha value is -1.25. The second-order valence-corrected chi connectivity index (χ2v) is 4.71. The minimum Gasteiger partial charge on any atom is -0.406 e. The zero-order valence-corrected chi connectivity index (χ0v) is 11.4. The van der Waals surface area contributed by atoms with Crippen LogP contribution in [0.15, 0.2) is 30.5 Å². The third-order valence-electron chi connectivity index (χ3n) is 2.17. The molecule has 0 atom stereocenters. The molecule has 0 aliphatic rings. The Morgan fingerprint density at radius 1 is 1.22 bits per heavy atom. The highest BCUT2D eigenvalue weighted by Gasteiger charge is 2.30. The van der Waals surface area contributed by atoms with Crippen LogP contribution in [0.25, 0.3) is 5.69 Å². The molecule has 0 aliphatic heterocycles. The van der Waals surface area contributed by atoms with Crippen LogP contribution in [0.4, 0.5) is 13.2 Å². The van der Waals surface area contributed by atoms with Crippen LogP contribution >= 0.6 is 22.6 Å². The fourth-order valence-corrected chi connectivity index (χ4v) is 1.74. The maximum atomic E-state index is 12.0. The van der Waals surface area contributed by atoms with Crippen molar-refractivity contribution < 1.29 is 17.9 Å². The van der Waals surface area contributed by atoms with E-state index >= 15 is 0 Å². The Morgan fingerprint density at radius 3 is 2.28 bits per heavy atom. The third kappa shape index (κ3) is 3.15. The molecule has 0 aliphatic carbocycles. The van der Waals surface area contributed by atoms with E-state index in [-0.39, 0.29) is 5.75 Å². The highest BCUT2D eigenvalue weighted by atomic mass is 127. The van der Waals surface area contributed by atoms with Crippen LogP contribution in [0.3, 0.4) is 0 Å². The molecule has 0 N–H and O–H groups in total. The zero-order chi connectivity index (χ0) is 13.3. The molecule has 0 amide bonds. The molecule has 0 spiro atoms. The number of aromatic nitrogens is 2. The number of hydrogen-bond donors (Lipinski definition) is 0. The predicted molar refractivity (Wildman–Crippen MR) is 67.7 cm³/mol. The van der Waals surface area contributed by atoms with Crippen molar-refractivity contribution in [2.45, 2.75) is 13.3 Å². The van der Waals surface area contributed by atoms with Crippen molar-refractivity contribution in [3.63, 3.8) is 0 Å². The van der Waals surface area contributed by atoms with Crippen LogP contribution in [0.5, 0.6) is 5.75 Å². The van der Waals surface area contributed by atoms with Crippen LogP contribution < -0.4 is 4.74 Å². The van der Waals surface area contributed by atoms with Gasteiger partial charge in [-0.2, -0.15) is 5.10 Å². The van der Waals surface area contributed by atoms with Gasteiger partial charge < -0.3 is 4.74 Å². The van der Waals surface area contributed by atoms with E-state index in [0.29, 0.717) is 5.69 Å². The first-order chi connectivity index (χ1) is 8.35. The smallest absolute Gasteiger partial charge is 0.406 e. The molecular formula is C11H8F3IN2O. The molecule has 1 heterocycles. The molecule has 1 aromatic carbocycles. The number of halogens is 4. The third-order valence-corrected chi connectivity index (χ3v) is 3.23. The summed E-state index contributed by atoms with van der Waals surface area (Å²) in [6.45, 7) is 1.86. The zero-order valence-electron chi connectivity index (χ0n) is 9.20. The van der Waals surface area contributed by atoms with E-state index in [1.54, 1.807) is 10.9 Å². The average molecular weight is 368 g/mol. The lowest BCUT2D eigenvalue weighted by Gasteiger charge is -2.09. The lowest BCUT2D eigenvalue weighted by molar-refractivity contribution is -0.274. The monoisotopic (exact) mass is 368 g/mol. The van der Waals surface area contributed by atoms with Crippen LogP contribution in [0.1, 0.15) is 5.69 Å². The molecular weight excluding hydrogens is 360 g/mol. The molecule has 7 heteroatoms. The van der Waals surface area contributed by atoms with Gasteiger partial charge in [0.1, 0.15) is 5.75 Å². The van der Waals surface area contributed by atoms with Crippen LogP contribution in [-0.4, -0.2) is 16.1 Å². The number of aryl methyl sites for hydroxylation is 1. The Morgan fingerprint density at radius 2 is 1.83 bits per heavy atom. The van der Waals surface area contributed by atoms with Crippen molar-refractivity contribution in [2.24, 2.45) is 0 Å². The minimum atomic E-state index is -4.67. The lowest BCUT2D eigenvalue weighted by Crippen LogP contribution is -2.17. The van der Waals surface area contributed by atoms with E-state index in [2.05, 4.69) is 32.4 Å². The van der Waals surface area contributed by atoms with E-state index in [0.717, 1.165) is 9.26 Å². The van der Waals surface area contributed by atoms with Gasteiger partial charge in [-0.1, -0.05) is 0 Å². The quantitative estimate of drug-likeness (QED) is 0.757. The van der Waals surface area contributed by atoms with Crippen molar-refractivity contribution in [3.05, 3.63) is 39.7 Å². The summed E-state index contributed by atoms with van der Waals surface area (Å²) >= 11 is 2.14. The summed E-state index contributed by atoms with van der Waals surface area (Å²) in [4.78, 5) is 0. The van der Waals surface area contributed by atoms with Gasteiger partial charge in [0.25, 0.3) is 0 Å². The Balaban J connectivity index is 2.22. The van der Waals surface area contributed by atoms with E-state index in [1.165, 1.54) is 24.3 Å². The van der Waals surface area contributed by atoms with Gasteiger partial charge in [0.15, 0.2) is 0 Å². The SMILES string of the molecule is Cc1nn(-c2ccc(OC(F)(F)F)cc2)cc1I. The first kappa shape index (κ1) is 13.2. The first-order valence-electron chi connectivity index (χ1n) is 4.93. The van der Waals surface area contributed by atoms with Gasteiger partial charge >= 0.3 is 6.36 Å². The largest absolute Gasteiger partial charge is 0.573 e. The molecule has 0 saturated heterocycles. The first-order valence-corrected chi connectivity index (χ1v) is 6.01. The van der Waals surface area contributed by atoms with Gasteiger partial charge in [0.05, 0.1) is 15.0 Å². The molecule has 18 heavy (non-hydrogen) atoms. The number of rotatable bonds is 2. The maximum Gasteiger partial charge on any atom is 0.573 e. The molecule has 0 fully saturated rings. The van der Waals surface area contributed by atoms with Crippen molar-refractivity contribution in [1.82, 2.24) is 9.78 Å². The van der Waals surface area contributed by atoms with E-state index in [4.69, 9.17) is 0 Å². The molecule has 0 bridgehead atoms. The van der Waals surface area contributed by atoms with E-state index in [9.17, 15) is 13.2 Å². The number of nitrogens with zero attached hydrogens (tertiary/aromatic N) is 2. The van der Waals surface area contributed by atoms with Crippen LogP contribution in [0, 0.1) is 10.5 Å². The molecule has 96 valence electrons. The van der Waals surface area contributed by atoms with Crippen molar-refractivity contribution in [3.8, 4) is 11.4 Å². The fourth-order valence-electron chi connectivity index (χ4n) is 1.37. The molecule has 0 unspecified atom stereocenters. The van der Waals surface area contributed by atoms with Gasteiger partial charge in [0, 0.05) is 6.20 Å². The number of ether oxygens (including phenoxy) is 1. The van der Waals surface area contributed by atoms with Gasteiger partial charge in [-0.3, -0.25) is 0 Å². The van der Waals surface area contributed by atoms with Crippen molar-refractivity contribution in [2.75, 3.05) is 0 Å². The summed E-state index contributed by atoms with van der Waals surface area (Å²) in [5.41, 5.74) is 1.54. The number of benzene rings is 1. The minimum absolute atomic E-state index is 0.246. The summed E-state index contributed by atoms with van der Waals surface area (Å²) < 4.78 is 42.3. The summed E-state index contributed by atoms with van der Waals surface area (Å²) in [6.07, 6.45) is -2.87. The fraction of sp³-hybridized carbons (Fsp3) is 0.182. The lowest BCUT2D eigenvalue weighted by atomic mass is 10.3. The second kappa shape index (κ2) is 4.79. The summed E-state index contributed by atoms with van der Waals surface area (Å²) in [5.74, 6) is -0.246. The Bertz CT molecular complexity index is 529. The highest BCUT2D eigenvalue weighted by molar-refractivity contribution is 14.1. The van der Waals surface area contributed by atoms with Crippen molar-refractivity contribution >= 4 is 22.6 Å². The molecule has 2 rings (SSSR count). The van der Waals surface area contributed by atoms with Crippen LogP contribution in [0.2, 0.25) is 0 Å². The van der Waals surface area contributed by atoms with E-state index in [1.807, 2.05) is 6.92 Å². The molecule has 2 aromatic rings. The highest BCUT2D eigenvalue weighted by Crippen LogP contribution is 2.23. The van der Waals surface area contributed by atoms with Gasteiger partial charge in [-0.25, -0.2) is 4.68 Å². The number of hydrogen-bond acceptors (Lipinski definition) is 2. The maximum absolute atomic E-state index is 12.0.